The van der Waals surface area contributed by atoms with E-state index in [2.05, 4.69) is 5.10 Å². The molecule has 3 heterocycles. The topological polar surface area (TPSA) is 69.7 Å². The van der Waals surface area contributed by atoms with Gasteiger partial charge in [-0.2, -0.15) is 5.10 Å². The fourth-order valence-electron chi connectivity index (χ4n) is 3.31. The van der Waals surface area contributed by atoms with E-state index >= 15 is 0 Å². The minimum Gasteiger partial charge on any atom is -0.459 e. The zero-order chi connectivity index (χ0) is 19.0. The number of carbonyl (C=O) groups excluding carboxylic acids is 1. The van der Waals surface area contributed by atoms with Crippen molar-refractivity contribution in [3.63, 3.8) is 0 Å². The lowest BCUT2D eigenvalue weighted by molar-refractivity contribution is 0.0695. The van der Waals surface area contributed by atoms with Gasteiger partial charge in [0.2, 0.25) is 6.79 Å². The van der Waals surface area contributed by atoms with Crippen LogP contribution in [0.3, 0.4) is 0 Å². The minimum atomic E-state index is -0.181. The van der Waals surface area contributed by atoms with E-state index in [9.17, 15) is 4.79 Å². The van der Waals surface area contributed by atoms with Crippen LogP contribution in [0.25, 0.3) is 0 Å². The number of fused-ring (bicyclic) bond motifs is 1. The van der Waals surface area contributed by atoms with Gasteiger partial charge in [-0.3, -0.25) is 9.48 Å². The summed E-state index contributed by atoms with van der Waals surface area (Å²) < 4.78 is 18.2. The second kappa shape index (κ2) is 6.83. The molecule has 0 radical (unpaired) electrons. The third-order valence-electron chi connectivity index (χ3n) is 4.87. The molecule has 0 aliphatic carbocycles. The summed E-state index contributed by atoms with van der Waals surface area (Å²) >= 11 is 0. The van der Waals surface area contributed by atoms with Crippen molar-refractivity contribution in [2.45, 2.75) is 26.9 Å². The normalized spacial score (nSPS) is 12.4. The molecule has 1 amide bonds. The van der Waals surface area contributed by atoms with Crippen molar-refractivity contribution in [1.82, 2.24) is 14.7 Å². The summed E-state index contributed by atoms with van der Waals surface area (Å²) in [5.74, 6) is 1.51. The Balaban J connectivity index is 1.68. The van der Waals surface area contributed by atoms with Crippen LogP contribution in [0.15, 0.2) is 41.0 Å². The maximum absolute atomic E-state index is 13.1. The van der Waals surface area contributed by atoms with E-state index in [-0.39, 0.29) is 12.7 Å². The monoisotopic (exact) mass is 367 g/mol. The van der Waals surface area contributed by atoms with Crippen LogP contribution in [0.2, 0.25) is 0 Å². The molecule has 1 aliphatic heterocycles. The highest BCUT2D eigenvalue weighted by Crippen LogP contribution is 2.36. The number of para-hydroxylation sites is 1. The SMILES string of the molecule is Cc1nn(C)c(C)c1CN(Cc1cccc2c1OCO2)C(=O)c1ccco1. The maximum Gasteiger partial charge on any atom is 0.290 e. The molecule has 0 bridgehead atoms. The molecule has 1 aromatic carbocycles. The number of hydrogen-bond acceptors (Lipinski definition) is 5. The number of benzene rings is 1. The summed E-state index contributed by atoms with van der Waals surface area (Å²) in [6.45, 7) is 4.95. The zero-order valence-electron chi connectivity index (χ0n) is 15.6. The number of aryl methyl sites for hydroxylation is 2. The molecular formula is C20H21N3O4. The molecular weight excluding hydrogens is 346 g/mol. The summed E-state index contributed by atoms with van der Waals surface area (Å²) in [6.07, 6.45) is 1.50. The van der Waals surface area contributed by atoms with Crippen molar-refractivity contribution in [2.24, 2.45) is 7.05 Å². The van der Waals surface area contributed by atoms with Gasteiger partial charge in [-0.15, -0.1) is 0 Å². The number of aromatic nitrogens is 2. The van der Waals surface area contributed by atoms with Gasteiger partial charge in [0.25, 0.3) is 5.91 Å². The summed E-state index contributed by atoms with van der Waals surface area (Å²) in [5, 5.41) is 4.46. The first-order chi connectivity index (χ1) is 13.0. The first-order valence-corrected chi connectivity index (χ1v) is 8.74. The molecule has 3 aromatic rings. The predicted molar refractivity (Wildman–Crippen MR) is 97.5 cm³/mol. The van der Waals surface area contributed by atoms with Crippen molar-refractivity contribution in [3.8, 4) is 11.5 Å². The van der Waals surface area contributed by atoms with Crippen LogP contribution in [0.1, 0.15) is 33.1 Å². The molecule has 7 heteroatoms. The average molecular weight is 367 g/mol. The number of hydrogen-bond donors (Lipinski definition) is 0. The smallest absolute Gasteiger partial charge is 0.290 e. The van der Waals surface area contributed by atoms with E-state index in [0.29, 0.717) is 30.3 Å². The van der Waals surface area contributed by atoms with Crippen molar-refractivity contribution in [1.29, 1.82) is 0 Å². The molecule has 1 aliphatic rings. The highest BCUT2D eigenvalue weighted by molar-refractivity contribution is 5.91. The quantitative estimate of drug-likeness (QED) is 0.693. The van der Waals surface area contributed by atoms with Gasteiger partial charge in [-0.05, 0) is 32.0 Å². The van der Waals surface area contributed by atoms with Crippen LogP contribution in [0.5, 0.6) is 11.5 Å². The Morgan fingerprint density at radius 1 is 1.19 bits per heavy atom. The number of carbonyl (C=O) groups is 1. The van der Waals surface area contributed by atoms with E-state index < -0.39 is 0 Å². The Labute approximate surface area is 157 Å². The largest absolute Gasteiger partial charge is 0.459 e. The Hall–Kier alpha value is -3.22. The second-order valence-electron chi connectivity index (χ2n) is 6.56. The van der Waals surface area contributed by atoms with Gasteiger partial charge >= 0.3 is 0 Å². The highest BCUT2D eigenvalue weighted by atomic mass is 16.7. The first-order valence-electron chi connectivity index (χ1n) is 8.74. The Morgan fingerprint density at radius 2 is 2.04 bits per heavy atom. The highest BCUT2D eigenvalue weighted by Gasteiger charge is 2.25. The van der Waals surface area contributed by atoms with Gasteiger partial charge in [-0.1, -0.05) is 12.1 Å². The van der Waals surface area contributed by atoms with E-state index in [1.807, 2.05) is 43.8 Å². The molecule has 2 aromatic heterocycles. The molecule has 4 rings (SSSR count). The second-order valence-corrected chi connectivity index (χ2v) is 6.56. The summed E-state index contributed by atoms with van der Waals surface area (Å²) in [6, 6.07) is 9.09. The number of furan rings is 1. The molecule has 0 saturated heterocycles. The first kappa shape index (κ1) is 17.2. The summed E-state index contributed by atoms with van der Waals surface area (Å²) in [7, 11) is 1.90. The van der Waals surface area contributed by atoms with Gasteiger partial charge in [-0.25, -0.2) is 0 Å². The van der Waals surface area contributed by atoms with Crippen LogP contribution in [-0.2, 0) is 20.1 Å². The molecule has 0 unspecified atom stereocenters. The zero-order valence-corrected chi connectivity index (χ0v) is 15.6. The number of ether oxygens (including phenoxy) is 2. The van der Waals surface area contributed by atoms with Crippen LogP contribution in [0.4, 0.5) is 0 Å². The van der Waals surface area contributed by atoms with E-state index in [1.165, 1.54) is 6.26 Å². The van der Waals surface area contributed by atoms with Crippen LogP contribution in [0, 0.1) is 13.8 Å². The Kier molecular flexibility index (Phi) is 4.35. The summed E-state index contributed by atoms with van der Waals surface area (Å²) in [4.78, 5) is 14.8. The van der Waals surface area contributed by atoms with E-state index in [1.54, 1.807) is 17.0 Å². The van der Waals surface area contributed by atoms with E-state index in [0.717, 1.165) is 22.5 Å². The van der Waals surface area contributed by atoms with Gasteiger partial charge in [0.15, 0.2) is 17.3 Å². The Bertz CT molecular complexity index is 976. The molecule has 0 fully saturated rings. The van der Waals surface area contributed by atoms with Gasteiger partial charge in [0.05, 0.1) is 25.0 Å². The lowest BCUT2D eigenvalue weighted by atomic mass is 10.1. The van der Waals surface area contributed by atoms with Crippen molar-refractivity contribution < 1.29 is 18.7 Å². The maximum atomic E-state index is 13.1. The molecule has 27 heavy (non-hydrogen) atoms. The summed E-state index contributed by atoms with van der Waals surface area (Å²) in [5.41, 5.74) is 3.86. The van der Waals surface area contributed by atoms with Gasteiger partial charge in [0.1, 0.15) is 0 Å². The number of nitrogens with zero attached hydrogens (tertiary/aromatic N) is 3. The lowest BCUT2D eigenvalue weighted by Crippen LogP contribution is -2.30. The van der Waals surface area contributed by atoms with Gasteiger partial charge in [0, 0.05) is 23.9 Å². The Morgan fingerprint density at radius 3 is 2.74 bits per heavy atom. The van der Waals surface area contributed by atoms with Crippen molar-refractivity contribution in [2.75, 3.05) is 6.79 Å². The van der Waals surface area contributed by atoms with Crippen molar-refractivity contribution >= 4 is 5.91 Å². The molecule has 7 nitrogen and oxygen atoms in total. The van der Waals surface area contributed by atoms with Crippen LogP contribution >= 0.6 is 0 Å². The van der Waals surface area contributed by atoms with E-state index in [4.69, 9.17) is 13.9 Å². The molecule has 0 saturated carbocycles. The van der Waals surface area contributed by atoms with Gasteiger partial charge < -0.3 is 18.8 Å². The third-order valence-corrected chi connectivity index (χ3v) is 4.87. The fraction of sp³-hybridized carbons (Fsp3) is 0.300. The lowest BCUT2D eigenvalue weighted by Gasteiger charge is -2.23. The molecule has 140 valence electrons. The standard InChI is InChI=1S/C20H21N3O4/c1-13-16(14(2)22(3)21-13)11-23(20(24)18-8-5-9-25-18)10-15-6-4-7-17-19(15)27-12-26-17/h4-9H,10-12H2,1-3H3. The fourth-order valence-corrected chi connectivity index (χ4v) is 3.31. The predicted octanol–water partition coefficient (Wildman–Crippen LogP) is 3.20. The van der Waals surface area contributed by atoms with Crippen molar-refractivity contribution in [3.05, 3.63) is 64.9 Å². The van der Waals surface area contributed by atoms with Crippen LogP contribution in [-0.4, -0.2) is 27.4 Å². The van der Waals surface area contributed by atoms with Crippen LogP contribution < -0.4 is 9.47 Å². The number of amides is 1. The third kappa shape index (κ3) is 3.16. The minimum absolute atomic E-state index is 0.181. The molecule has 0 spiro atoms. The molecule has 0 N–H and O–H groups in total. The number of rotatable bonds is 5. The molecule has 0 atom stereocenters. The average Bonchev–Trinajstić information content (AvgIpc) is 3.39.